The molecular weight excluding hydrogens is 258 g/mol. The first-order valence-electron chi connectivity index (χ1n) is 7.37. The smallest absolute Gasteiger partial charge is 0.253 e. The highest BCUT2D eigenvalue weighted by Gasteiger charge is 2.11. The van der Waals surface area contributed by atoms with Crippen LogP contribution < -0.4 is 0 Å². The molecule has 2 rings (SSSR count). The molecule has 2 aromatic rings. The van der Waals surface area contributed by atoms with Crippen molar-refractivity contribution in [3.05, 3.63) is 71.3 Å². The van der Waals surface area contributed by atoms with Crippen LogP contribution in [0.1, 0.15) is 35.3 Å². The minimum absolute atomic E-state index is 0.0959. The van der Waals surface area contributed by atoms with E-state index in [4.69, 9.17) is 0 Å². The molecule has 2 heteroatoms. The van der Waals surface area contributed by atoms with E-state index in [2.05, 4.69) is 24.3 Å². The van der Waals surface area contributed by atoms with Crippen molar-refractivity contribution in [3.8, 4) is 0 Å². The molecule has 0 heterocycles. The molecule has 2 aromatic carbocycles. The second-order valence-electron chi connectivity index (χ2n) is 4.84. The molecular formula is C19H21NO. The number of carbonyl (C=O) groups is 1. The molecule has 0 unspecified atom stereocenters. The van der Waals surface area contributed by atoms with Gasteiger partial charge in [-0.25, -0.2) is 0 Å². The number of rotatable bonds is 5. The van der Waals surface area contributed by atoms with Crippen molar-refractivity contribution < 1.29 is 4.79 Å². The summed E-state index contributed by atoms with van der Waals surface area (Å²) < 4.78 is 0. The van der Waals surface area contributed by atoms with Crippen LogP contribution in [0.25, 0.3) is 12.2 Å². The molecule has 0 aromatic heterocycles. The van der Waals surface area contributed by atoms with E-state index in [9.17, 15) is 4.79 Å². The Hall–Kier alpha value is -2.35. The number of amides is 1. The Labute approximate surface area is 126 Å². The molecule has 0 spiro atoms. The Morgan fingerprint density at radius 3 is 1.90 bits per heavy atom. The van der Waals surface area contributed by atoms with Gasteiger partial charge in [-0.3, -0.25) is 4.79 Å². The van der Waals surface area contributed by atoms with E-state index in [0.717, 1.165) is 24.2 Å². The van der Waals surface area contributed by atoms with Crippen LogP contribution in [0.15, 0.2) is 54.6 Å². The van der Waals surface area contributed by atoms with Crippen molar-refractivity contribution in [3.63, 3.8) is 0 Å². The largest absolute Gasteiger partial charge is 0.339 e. The summed E-state index contributed by atoms with van der Waals surface area (Å²) in [6, 6.07) is 17.9. The highest BCUT2D eigenvalue weighted by Crippen LogP contribution is 2.11. The highest BCUT2D eigenvalue weighted by atomic mass is 16.2. The SMILES string of the molecule is CCN(CC)C(=O)c1ccc(/C=C\c2ccccc2)cc1. The first-order chi connectivity index (χ1) is 10.2. The molecule has 0 fully saturated rings. The molecule has 1 amide bonds. The maximum Gasteiger partial charge on any atom is 0.253 e. The van der Waals surface area contributed by atoms with Gasteiger partial charge in [0.05, 0.1) is 0 Å². The Bertz CT molecular complexity index is 595. The van der Waals surface area contributed by atoms with Crippen LogP contribution in [0.3, 0.4) is 0 Å². The number of benzene rings is 2. The van der Waals surface area contributed by atoms with Crippen LogP contribution in [0.5, 0.6) is 0 Å². The first-order valence-corrected chi connectivity index (χ1v) is 7.37. The van der Waals surface area contributed by atoms with Gasteiger partial charge in [0.1, 0.15) is 0 Å². The van der Waals surface area contributed by atoms with Gasteiger partial charge in [-0.05, 0) is 37.1 Å². The predicted molar refractivity (Wildman–Crippen MR) is 89.1 cm³/mol. The van der Waals surface area contributed by atoms with Crippen LogP contribution >= 0.6 is 0 Å². The maximum absolute atomic E-state index is 12.2. The standard InChI is InChI=1S/C19H21NO/c1-3-20(4-2)19(21)18-14-12-17(13-15-18)11-10-16-8-6-5-7-9-16/h5-15H,3-4H2,1-2H3/b11-10-. The fraction of sp³-hybridized carbons (Fsp3) is 0.211. The molecule has 0 radical (unpaired) electrons. The molecule has 0 aliphatic heterocycles. The van der Waals surface area contributed by atoms with E-state index < -0.39 is 0 Å². The van der Waals surface area contributed by atoms with Gasteiger partial charge < -0.3 is 4.90 Å². The summed E-state index contributed by atoms with van der Waals surface area (Å²) in [7, 11) is 0. The quantitative estimate of drug-likeness (QED) is 0.746. The lowest BCUT2D eigenvalue weighted by Crippen LogP contribution is -2.30. The molecule has 0 saturated heterocycles. The second kappa shape index (κ2) is 7.44. The zero-order valence-corrected chi connectivity index (χ0v) is 12.6. The highest BCUT2D eigenvalue weighted by molar-refractivity contribution is 5.94. The molecule has 0 saturated carbocycles. The van der Waals surface area contributed by atoms with Crippen LogP contribution in [0.2, 0.25) is 0 Å². The fourth-order valence-electron chi connectivity index (χ4n) is 2.19. The van der Waals surface area contributed by atoms with E-state index in [1.807, 2.05) is 61.2 Å². The summed E-state index contributed by atoms with van der Waals surface area (Å²) in [6.07, 6.45) is 4.13. The molecule has 0 atom stereocenters. The summed E-state index contributed by atoms with van der Waals surface area (Å²) in [4.78, 5) is 14.0. The summed E-state index contributed by atoms with van der Waals surface area (Å²) in [5, 5.41) is 0. The van der Waals surface area contributed by atoms with Gasteiger partial charge in [0.25, 0.3) is 5.91 Å². The van der Waals surface area contributed by atoms with Crippen molar-refractivity contribution in [1.29, 1.82) is 0 Å². The summed E-state index contributed by atoms with van der Waals surface area (Å²) in [5.41, 5.74) is 3.01. The Morgan fingerprint density at radius 2 is 1.38 bits per heavy atom. The van der Waals surface area contributed by atoms with Crippen molar-refractivity contribution in [1.82, 2.24) is 4.90 Å². The van der Waals surface area contributed by atoms with E-state index >= 15 is 0 Å². The Morgan fingerprint density at radius 1 is 0.857 bits per heavy atom. The fourth-order valence-corrected chi connectivity index (χ4v) is 2.19. The minimum Gasteiger partial charge on any atom is -0.339 e. The van der Waals surface area contributed by atoms with Crippen molar-refractivity contribution >= 4 is 18.1 Å². The van der Waals surface area contributed by atoms with Gasteiger partial charge in [0, 0.05) is 18.7 Å². The summed E-state index contributed by atoms with van der Waals surface area (Å²) >= 11 is 0. The average molecular weight is 279 g/mol. The third-order valence-corrected chi connectivity index (χ3v) is 3.48. The van der Waals surface area contributed by atoms with Crippen molar-refractivity contribution in [2.24, 2.45) is 0 Å². The zero-order chi connectivity index (χ0) is 15.1. The summed E-state index contributed by atoms with van der Waals surface area (Å²) in [6.45, 7) is 5.48. The van der Waals surface area contributed by atoms with E-state index in [1.165, 1.54) is 5.56 Å². The lowest BCUT2D eigenvalue weighted by atomic mass is 10.1. The van der Waals surface area contributed by atoms with Gasteiger partial charge in [-0.15, -0.1) is 0 Å². The van der Waals surface area contributed by atoms with Gasteiger partial charge in [-0.1, -0.05) is 54.6 Å². The lowest BCUT2D eigenvalue weighted by Gasteiger charge is -2.18. The Kier molecular flexibility index (Phi) is 5.33. The molecule has 0 aliphatic carbocycles. The van der Waals surface area contributed by atoms with Gasteiger partial charge in [-0.2, -0.15) is 0 Å². The lowest BCUT2D eigenvalue weighted by molar-refractivity contribution is 0.0773. The van der Waals surface area contributed by atoms with Gasteiger partial charge >= 0.3 is 0 Å². The topological polar surface area (TPSA) is 20.3 Å². The van der Waals surface area contributed by atoms with Crippen LogP contribution in [0, 0.1) is 0 Å². The van der Waals surface area contributed by atoms with E-state index in [1.54, 1.807) is 0 Å². The van der Waals surface area contributed by atoms with Crippen molar-refractivity contribution in [2.45, 2.75) is 13.8 Å². The molecule has 0 N–H and O–H groups in total. The van der Waals surface area contributed by atoms with Crippen LogP contribution in [-0.4, -0.2) is 23.9 Å². The molecule has 0 aliphatic rings. The summed E-state index contributed by atoms with van der Waals surface area (Å²) in [5.74, 6) is 0.0959. The number of hydrogen-bond acceptors (Lipinski definition) is 1. The van der Waals surface area contributed by atoms with E-state index in [-0.39, 0.29) is 5.91 Å². The van der Waals surface area contributed by atoms with Crippen molar-refractivity contribution in [2.75, 3.05) is 13.1 Å². The number of nitrogens with zero attached hydrogens (tertiary/aromatic N) is 1. The minimum atomic E-state index is 0.0959. The third kappa shape index (κ3) is 4.06. The molecule has 2 nitrogen and oxygen atoms in total. The van der Waals surface area contributed by atoms with Crippen LogP contribution in [-0.2, 0) is 0 Å². The molecule has 108 valence electrons. The van der Waals surface area contributed by atoms with Gasteiger partial charge in [0.2, 0.25) is 0 Å². The Balaban J connectivity index is 2.09. The molecule has 0 bridgehead atoms. The number of hydrogen-bond donors (Lipinski definition) is 0. The molecule has 21 heavy (non-hydrogen) atoms. The second-order valence-corrected chi connectivity index (χ2v) is 4.84. The van der Waals surface area contributed by atoms with Gasteiger partial charge in [0.15, 0.2) is 0 Å². The normalized spacial score (nSPS) is 10.8. The number of carbonyl (C=O) groups excluding carboxylic acids is 1. The van der Waals surface area contributed by atoms with E-state index in [0.29, 0.717) is 0 Å². The maximum atomic E-state index is 12.2. The monoisotopic (exact) mass is 279 g/mol. The van der Waals surface area contributed by atoms with Crippen LogP contribution in [0.4, 0.5) is 0 Å². The third-order valence-electron chi connectivity index (χ3n) is 3.48. The zero-order valence-electron chi connectivity index (χ0n) is 12.6. The first kappa shape index (κ1) is 15.0. The predicted octanol–water partition coefficient (Wildman–Crippen LogP) is 4.34. The average Bonchev–Trinajstić information content (AvgIpc) is 2.55.